The predicted molar refractivity (Wildman–Crippen MR) is 88.7 cm³/mol. The van der Waals surface area contributed by atoms with Gasteiger partial charge in [0.05, 0.1) is 12.6 Å². The molecule has 0 spiro atoms. The van der Waals surface area contributed by atoms with Crippen molar-refractivity contribution in [2.75, 3.05) is 32.8 Å². The van der Waals surface area contributed by atoms with Crippen molar-refractivity contribution in [1.29, 1.82) is 0 Å². The fourth-order valence-electron chi connectivity index (χ4n) is 3.11. The Morgan fingerprint density at radius 3 is 2.96 bits per heavy atom. The van der Waals surface area contributed by atoms with Crippen molar-refractivity contribution < 1.29 is 14.3 Å². The average Bonchev–Trinajstić information content (AvgIpc) is 3.04. The van der Waals surface area contributed by atoms with Gasteiger partial charge in [0.1, 0.15) is 11.9 Å². The summed E-state index contributed by atoms with van der Waals surface area (Å²) in [5.74, 6) is 1.05. The fourth-order valence-corrected chi connectivity index (χ4v) is 3.11. The SMILES string of the molecule is CCc1ccccc1OC1CN(CC(=O)NC[C@@H]2CCCO2)C1. The number of carbonyl (C=O) groups is 1. The molecule has 0 unspecified atom stereocenters. The summed E-state index contributed by atoms with van der Waals surface area (Å²) in [6.07, 6.45) is 3.52. The molecular weight excluding hydrogens is 292 g/mol. The predicted octanol–water partition coefficient (Wildman–Crippen LogP) is 1.61. The van der Waals surface area contributed by atoms with E-state index in [0.29, 0.717) is 13.1 Å². The van der Waals surface area contributed by atoms with Gasteiger partial charge in [0.2, 0.25) is 5.91 Å². The molecule has 2 heterocycles. The molecule has 23 heavy (non-hydrogen) atoms. The van der Waals surface area contributed by atoms with E-state index in [1.807, 2.05) is 18.2 Å². The highest BCUT2D eigenvalue weighted by atomic mass is 16.5. The summed E-state index contributed by atoms with van der Waals surface area (Å²) < 4.78 is 11.5. The van der Waals surface area contributed by atoms with Crippen molar-refractivity contribution in [2.24, 2.45) is 0 Å². The number of hydrogen-bond acceptors (Lipinski definition) is 4. The minimum Gasteiger partial charge on any atom is -0.487 e. The number of ether oxygens (including phenoxy) is 2. The van der Waals surface area contributed by atoms with Crippen LogP contribution < -0.4 is 10.1 Å². The van der Waals surface area contributed by atoms with Crippen molar-refractivity contribution in [2.45, 2.75) is 38.4 Å². The van der Waals surface area contributed by atoms with E-state index in [1.165, 1.54) is 5.56 Å². The third-order valence-electron chi connectivity index (χ3n) is 4.49. The molecule has 1 aromatic rings. The summed E-state index contributed by atoms with van der Waals surface area (Å²) >= 11 is 0. The van der Waals surface area contributed by atoms with E-state index in [2.05, 4.69) is 23.2 Å². The zero-order valence-corrected chi connectivity index (χ0v) is 13.8. The van der Waals surface area contributed by atoms with Gasteiger partial charge >= 0.3 is 0 Å². The van der Waals surface area contributed by atoms with Crippen molar-refractivity contribution in [3.63, 3.8) is 0 Å². The Balaban J connectivity index is 1.35. The number of aryl methyl sites for hydroxylation is 1. The number of nitrogens with one attached hydrogen (secondary N) is 1. The topological polar surface area (TPSA) is 50.8 Å². The van der Waals surface area contributed by atoms with Crippen LogP contribution in [0.4, 0.5) is 0 Å². The van der Waals surface area contributed by atoms with Crippen molar-refractivity contribution >= 4 is 5.91 Å². The number of benzene rings is 1. The van der Waals surface area contributed by atoms with E-state index < -0.39 is 0 Å². The molecule has 2 aliphatic rings. The molecule has 0 aliphatic carbocycles. The van der Waals surface area contributed by atoms with Gasteiger partial charge in [0, 0.05) is 26.2 Å². The summed E-state index contributed by atoms with van der Waals surface area (Å²) in [6.45, 7) is 5.66. The molecule has 2 aliphatic heterocycles. The van der Waals surface area contributed by atoms with Crippen LogP contribution in [0.3, 0.4) is 0 Å². The highest BCUT2D eigenvalue weighted by Crippen LogP contribution is 2.22. The van der Waals surface area contributed by atoms with Crippen LogP contribution in [0.5, 0.6) is 5.75 Å². The molecule has 2 fully saturated rings. The number of hydrogen-bond donors (Lipinski definition) is 1. The van der Waals surface area contributed by atoms with Gasteiger partial charge in [-0.25, -0.2) is 0 Å². The van der Waals surface area contributed by atoms with E-state index >= 15 is 0 Å². The summed E-state index contributed by atoms with van der Waals surface area (Å²) in [6, 6.07) is 8.17. The summed E-state index contributed by atoms with van der Waals surface area (Å²) in [5, 5.41) is 2.96. The van der Waals surface area contributed by atoms with Gasteiger partial charge in [-0.15, -0.1) is 0 Å². The molecule has 0 aromatic heterocycles. The molecule has 1 N–H and O–H groups in total. The van der Waals surface area contributed by atoms with E-state index in [0.717, 1.165) is 44.7 Å². The summed E-state index contributed by atoms with van der Waals surface area (Å²) in [4.78, 5) is 14.0. The Hall–Kier alpha value is -1.59. The lowest BCUT2D eigenvalue weighted by atomic mass is 10.1. The van der Waals surface area contributed by atoms with Crippen LogP contribution in [-0.2, 0) is 16.0 Å². The van der Waals surface area contributed by atoms with Crippen LogP contribution in [0.25, 0.3) is 0 Å². The maximum absolute atomic E-state index is 11.9. The van der Waals surface area contributed by atoms with Gasteiger partial charge in [-0.2, -0.15) is 0 Å². The number of carbonyl (C=O) groups excluding carboxylic acids is 1. The highest BCUT2D eigenvalue weighted by Gasteiger charge is 2.30. The normalized spacial score (nSPS) is 21.9. The van der Waals surface area contributed by atoms with Gasteiger partial charge in [0.15, 0.2) is 0 Å². The van der Waals surface area contributed by atoms with Gasteiger partial charge in [-0.3, -0.25) is 9.69 Å². The molecule has 2 saturated heterocycles. The number of rotatable bonds is 7. The van der Waals surface area contributed by atoms with E-state index in [-0.39, 0.29) is 18.1 Å². The zero-order valence-electron chi connectivity index (χ0n) is 13.8. The Morgan fingerprint density at radius 2 is 2.22 bits per heavy atom. The number of likely N-dealkylation sites (tertiary alicyclic amines) is 1. The molecule has 1 amide bonds. The second-order valence-corrected chi connectivity index (χ2v) is 6.33. The Morgan fingerprint density at radius 1 is 1.39 bits per heavy atom. The Bertz CT molecular complexity index is 523. The maximum Gasteiger partial charge on any atom is 0.234 e. The van der Waals surface area contributed by atoms with Crippen molar-refractivity contribution in [1.82, 2.24) is 10.2 Å². The fraction of sp³-hybridized carbons (Fsp3) is 0.611. The Labute approximate surface area is 137 Å². The van der Waals surface area contributed by atoms with Gasteiger partial charge in [-0.1, -0.05) is 25.1 Å². The summed E-state index contributed by atoms with van der Waals surface area (Å²) in [7, 11) is 0. The number of para-hydroxylation sites is 1. The zero-order chi connectivity index (χ0) is 16.1. The minimum atomic E-state index is 0.0768. The second-order valence-electron chi connectivity index (χ2n) is 6.33. The first-order valence-electron chi connectivity index (χ1n) is 8.60. The molecule has 3 rings (SSSR count). The molecule has 1 aromatic carbocycles. The third kappa shape index (κ3) is 4.45. The molecule has 0 radical (unpaired) electrons. The molecular formula is C18H26N2O3. The molecule has 0 bridgehead atoms. The lowest BCUT2D eigenvalue weighted by molar-refractivity contribution is -0.125. The minimum absolute atomic E-state index is 0.0768. The first-order chi connectivity index (χ1) is 11.2. The summed E-state index contributed by atoms with van der Waals surface area (Å²) in [5.41, 5.74) is 1.24. The lowest BCUT2D eigenvalue weighted by Gasteiger charge is -2.38. The van der Waals surface area contributed by atoms with Crippen molar-refractivity contribution in [3.8, 4) is 5.75 Å². The second kappa shape index (κ2) is 7.79. The van der Waals surface area contributed by atoms with Gasteiger partial charge in [0.25, 0.3) is 0 Å². The highest BCUT2D eigenvalue weighted by molar-refractivity contribution is 5.78. The van der Waals surface area contributed by atoms with Crippen LogP contribution in [0, 0.1) is 0 Å². The molecule has 0 saturated carbocycles. The molecule has 5 heteroatoms. The van der Waals surface area contributed by atoms with E-state index in [1.54, 1.807) is 0 Å². The number of amides is 1. The number of nitrogens with zero attached hydrogens (tertiary/aromatic N) is 1. The lowest BCUT2D eigenvalue weighted by Crippen LogP contribution is -2.56. The maximum atomic E-state index is 11.9. The van der Waals surface area contributed by atoms with Crippen LogP contribution in [0.15, 0.2) is 24.3 Å². The average molecular weight is 318 g/mol. The van der Waals surface area contributed by atoms with Crippen LogP contribution in [0.2, 0.25) is 0 Å². The standard InChI is InChI=1S/C18H26N2O3/c1-2-14-6-3-4-8-17(14)23-16-11-20(12-16)13-18(21)19-10-15-7-5-9-22-15/h3-4,6,8,15-16H,2,5,7,9-13H2,1H3,(H,19,21)/t15-/m0/s1. The first kappa shape index (κ1) is 16.3. The van der Waals surface area contributed by atoms with Gasteiger partial charge in [-0.05, 0) is 30.9 Å². The molecule has 1 atom stereocenters. The van der Waals surface area contributed by atoms with E-state index in [4.69, 9.17) is 9.47 Å². The monoisotopic (exact) mass is 318 g/mol. The third-order valence-corrected chi connectivity index (χ3v) is 4.49. The largest absolute Gasteiger partial charge is 0.487 e. The Kier molecular flexibility index (Phi) is 5.51. The molecule has 126 valence electrons. The van der Waals surface area contributed by atoms with Crippen molar-refractivity contribution in [3.05, 3.63) is 29.8 Å². The van der Waals surface area contributed by atoms with Crippen LogP contribution in [0.1, 0.15) is 25.3 Å². The van der Waals surface area contributed by atoms with Gasteiger partial charge < -0.3 is 14.8 Å². The molecule has 5 nitrogen and oxygen atoms in total. The van der Waals surface area contributed by atoms with Crippen LogP contribution >= 0.6 is 0 Å². The van der Waals surface area contributed by atoms with Crippen LogP contribution in [-0.4, -0.2) is 55.8 Å². The first-order valence-corrected chi connectivity index (χ1v) is 8.60. The smallest absolute Gasteiger partial charge is 0.234 e. The van der Waals surface area contributed by atoms with E-state index in [9.17, 15) is 4.79 Å². The quantitative estimate of drug-likeness (QED) is 0.830.